The zero-order valence-corrected chi connectivity index (χ0v) is 12.7. The van der Waals surface area contributed by atoms with Crippen molar-refractivity contribution >= 4 is 5.91 Å². The Balaban J connectivity index is 1.73. The highest BCUT2D eigenvalue weighted by Crippen LogP contribution is 2.18. The maximum Gasteiger partial charge on any atom is 0.387 e. The summed E-state index contributed by atoms with van der Waals surface area (Å²) in [5, 5.41) is 3.10. The number of halogens is 2. The van der Waals surface area contributed by atoms with Crippen LogP contribution in [0.25, 0.3) is 0 Å². The Labute approximate surface area is 130 Å². The minimum absolute atomic E-state index is 0.0693. The SMILES string of the molecule is O=C(CCc1ccc(OC(F)F)cc1)NC1CCCCCC1. The van der Waals surface area contributed by atoms with Crippen LogP contribution in [-0.4, -0.2) is 18.6 Å². The number of ether oxygens (including phenoxy) is 1. The minimum Gasteiger partial charge on any atom is -0.435 e. The van der Waals surface area contributed by atoms with Crippen LogP contribution < -0.4 is 10.1 Å². The van der Waals surface area contributed by atoms with Gasteiger partial charge in [0.15, 0.2) is 0 Å². The Morgan fingerprint density at radius 1 is 1.14 bits per heavy atom. The number of carbonyl (C=O) groups is 1. The number of alkyl halides is 2. The van der Waals surface area contributed by atoms with Crippen LogP contribution in [0.1, 0.15) is 50.5 Å². The van der Waals surface area contributed by atoms with Gasteiger partial charge < -0.3 is 10.1 Å². The number of amides is 1. The molecule has 0 spiro atoms. The van der Waals surface area contributed by atoms with Crippen molar-refractivity contribution < 1.29 is 18.3 Å². The summed E-state index contributed by atoms with van der Waals surface area (Å²) in [7, 11) is 0. The molecule has 22 heavy (non-hydrogen) atoms. The summed E-state index contributed by atoms with van der Waals surface area (Å²) in [4.78, 5) is 12.0. The first kappa shape index (κ1) is 16.7. The van der Waals surface area contributed by atoms with Gasteiger partial charge in [0.1, 0.15) is 5.75 Å². The van der Waals surface area contributed by atoms with Gasteiger partial charge in [0, 0.05) is 12.5 Å². The van der Waals surface area contributed by atoms with Crippen LogP contribution >= 0.6 is 0 Å². The molecule has 1 aliphatic rings. The van der Waals surface area contributed by atoms with Crippen LogP contribution in [0.3, 0.4) is 0 Å². The fourth-order valence-corrected chi connectivity index (χ4v) is 2.82. The van der Waals surface area contributed by atoms with E-state index < -0.39 is 6.61 Å². The number of rotatable bonds is 6. The summed E-state index contributed by atoms with van der Waals surface area (Å²) in [6.07, 6.45) is 8.09. The van der Waals surface area contributed by atoms with Crippen molar-refractivity contribution in [2.24, 2.45) is 0 Å². The van der Waals surface area contributed by atoms with E-state index in [1.165, 1.54) is 37.8 Å². The van der Waals surface area contributed by atoms with Gasteiger partial charge in [0.25, 0.3) is 0 Å². The van der Waals surface area contributed by atoms with Crippen LogP contribution in [0.15, 0.2) is 24.3 Å². The number of carbonyl (C=O) groups excluding carboxylic acids is 1. The van der Waals surface area contributed by atoms with Gasteiger partial charge in [0.2, 0.25) is 5.91 Å². The van der Waals surface area contributed by atoms with Crippen molar-refractivity contribution in [1.29, 1.82) is 0 Å². The normalized spacial score (nSPS) is 16.3. The molecular formula is C17H23F2NO2. The first-order valence-electron chi connectivity index (χ1n) is 7.96. The number of benzene rings is 1. The third-order valence-corrected chi connectivity index (χ3v) is 4.01. The Bertz CT molecular complexity index is 454. The minimum atomic E-state index is -2.81. The van der Waals surface area contributed by atoms with E-state index in [9.17, 15) is 13.6 Å². The molecular weight excluding hydrogens is 288 g/mol. The highest BCUT2D eigenvalue weighted by Gasteiger charge is 2.14. The van der Waals surface area contributed by atoms with E-state index in [1.807, 2.05) is 0 Å². The van der Waals surface area contributed by atoms with E-state index in [4.69, 9.17) is 0 Å². The zero-order chi connectivity index (χ0) is 15.8. The maximum absolute atomic E-state index is 12.1. The average molecular weight is 311 g/mol. The molecule has 0 atom stereocenters. The molecule has 0 aliphatic heterocycles. The van der Waals surface area contributed by atoms with Crippen LogP contribution in [0.4, 0.5) is 8.78 Å². The molecule has 1 fully saturated rings. The van der Waals surface area contributed by atoms with Gasteiger partial charge in [-0.25, -0.2) is 0 Å². The first-order chi connectivity index (χ1) is 10.6. The molecule has 1 aromatic carbocycles. The summed E-state index contributed by atoms with van der Waals surface area (Å²) >= 11 is 0. The Morgan fingerprint density at radius 2 is 1.77 bits per heavy atom. The van der Waals surface area contributed by atoms with Gasteiger partial charge in [-0.3, -0.25) is 4.79 Å². The molecule has 1 N–H and O–H groups in total. The molecule has 0 aromatic heterocycles. The van der Waals surface area contributed by atoms with E-state index in [2.05, 4.69) is 10.1 Å². The smallest absolute Gasteiger partial charge is 0.387 e. The average Bonchev–Trinajstić information content (AvgIpc) is 2.74. The summed E-state index contributed by atoms with van der Waals surface area (Å²) < 4.78 is 28.4. The standard InChI is InChI=1S/C17H23F2NO2/c18-17(19)22-15-10-7-13(8-11-15)9-12-16(21)20-14-5-3-1-2-4-6-14/h7-8,10-11,14,17H,1-6,9,12H2,(H,20,21). The molecule has 1 saturated carbocycles. The van der Waals surface area contributed by atoms with Gasteiger partial charge in [-0.1, -0.05) is 37.8 Å². The lowest BCUT2D eigenvalue weighted by Gasteiger charge is -2.16. The highest BCUT2D eigenvalue weighted by molar-refractivity contribution is 5.76. The van der Waals surface area contributed by atoms with Gasteiger partial charge >= 0.3 is 6.61 Å². The monoisotopic (exact) mass is 311 g/mol. The summed E-state index contributed by atoms with van der Waals surface area (Å²) in [6, 6.07) is 6.76. The molecule has 0 radical (unpaired) electrons. The van der Waals surface area contributed by atoms with E-state index in [1.54, 1.807) is 12.1 Å². The molecule has 0 unspecified atom stereocenters. The van der Waals surface area contributed by atoms with Gasteiger partial charge in [0.05, 0.1) is 0 Å². The molecule has 0 saturated heterocycles. The van der Waals surface area contributed by atoms with Crippen molar-refractivity contribution in [2.75, 3.05) is 0 Å². The molecule has 1 aliphatic carbocycles. The second kappa shape index (κ2) is 8.71. The quantitative estimate of drug-likeness (QED) is 0.805. The predicted octanol–water partition coefficient (Wildman–Crippen LogP) is 4.06. The first-order valence-corrected chi connectivity index (χ1v) is 7.96. The topological polar surface area (TPSA) is 38.3 Å². The van der Waals surface area contributed by atoms with Crippen molar-refractivity contribution in [3.8, 4) is 5.75 Å². The van der Waals surface area contributed by atoms with Crippen molar-refractivity contribution in [2.45, 2.75) is 64.0 Å². The second-order valence-electron chi connectivity index (χ2n) is 5.78. The largest absolute Gasteiger partial charge is 0.435 e. The number of hydrogen-bond donors (Lipinski definition) is 1. The van der Waals surface area contributed by atoms with E-state index in [0.717, 1.165) is 18.4 Å². The number of aryl methyl sites for hydroxylation is 1. The van der Waals surface area contributed by atoms with Crippen molar-refractivity contribution in [3.63, 3.8) is 0 Å². The van der Waals surface area contributed by atoms with Crippen LogP contribution in [0.2, 0.25) is 0 Å². The molecule has 5 heteroatoms. The molecule has 0 heterocycles. The molecule has 0 bridgehead atoms. The van der Waals surface area contributed by atoms with Crippen LogP contribution in [0.5, 0.6) is 5.75 Å². The Kier molecular flexibility index (Phi) is 6.62. The van der Waals surface area contributed by atoms with E-state index >= 15 is 0 Å². The third-order valence-electron chi connectivity index (χ3n) is 4.01. The van der Waals surface area contributed by atoms with Gasteiger partial charge in [-0.2, -0.15) is 8.78 Å². The van der Waals surface area contributed by atoms with Crippen molar-refractivity contribution in [3.05, 3.63) is 29.8 Å². The summed E-state index contributed by atoms with van der Waals surface area (Å²) in [5.41, 5.74) is 0.942. The van der Waals surface area contributed by atoms with Gasteiger partial charge in [-0.15, -0.1) is 0 Å². The fraction of sp³-hybridized carbons (Fsp3) is 0.588. The lowest BCUT2D eigenvalue weighted by Crippen LogP contribution is -2.34. The zero-order valence-electron chi connectivity index (χ0n) is 12.7. The summed E-state index contributed by atoms with van der Waals surface area (Å²) in [6.45, 7) is -2.81. The third kappa shape index (κ3) is 6.00. The lowest BCUT2D eigenvalue weighted by molar-refractivity contribution is -0.121. The fourth-order valence-electron chi connectivity index (χ4n) is 2.82. The molecule has 3 nitrogen and oxygen atoms in total. The van der Waals surface area contributed by atoms with Crippen LogP contribution in [-0.2, 0) is 11.2 Å². The number of hydrogen-bond acceptors (Lipinski definition) is 2. The van der Waals surface area contributed by atoms with Crippen LogP contribution in [0, 0.1) is 0 Å². The summed E-state index contributed by atoms with van der Waals surface area (Å²) in [5.74, 6) is 0.210. The predicted molar refractivity (Wildman–Crippen MR) is 81.0 cm³/mol. The maximum atomic E-state index is 12.1. The number of nitrogens with one attached hydrogen (secondary N) is 1. The van der Waals surface area contributed by atoms with Crippen molar-refractivity contribution in [1.82, 2.24) is 5.32 Å². The molecule has 1 aromatic rings. The van der Waals surface area contributed by atoms with E-state index in [0.29, 0.717) is 18.9 Å². The lowest BCUT2D eigenvalue weighted by atomic mass is 10.1. The van der Waals surface area contributed by atoms with E-state index in [-0.39, 0.29) is 11.7 Å². The Morgan fingerprint density at radius 3 is 2.36 bits per heavy atom. The molecule has 1 amide bonds. The highest BCUT2D eigenvalue weighted by atomic mass is 19.3. The molecule has 2 rings (SSSR count). The Hall–Kier alpha value is -1.65. The second-order valence-corrected chi connectivity index (χ2v) is 5.78. The molecule has 122 valence electrons. The van der Waals surface area contributed by atoms with Gasteiger partial charge in [-0.05, 0) is 37.0 Å².